The molecule has 0 fully saturated rings. The minimum Gasteiger partial charge on any atom is -0.355 e. The van der Waals surface area contributed by atoms with Gasteiger partial charge < -0.3 is 9.88 Å². The molecule has 0 radical (unpaired) electrons. The Balaban J connectivity index is 2.31. The van der Waals surface area contributed by atoms with E-state index in [0.717, 1.165) is 31.8 Å². The summed E-state index contributed by atoms with van der Waals surface area (Å²) in [5.41, 5.74) is 2.53. The molecule has 0 bridgehead atoms. The molecule has 7 nitrogen and oxygen atoms in total. The van der Waals surface area contributed by atoms with Gasteiger partial charge in [-0.3, -0.25) is 10.4 Å². The normalized spacial score (nSPS) is 11.6. The van der Waals surface area contributed by atoms with Crippen LogP contribution in [0.5, 0.6) is 0 Å². The molecule has 0 aliphatic carbocycles. The van der Waals surface area contributed by atoms with E-state index in [1.807, 2.05) is 11.6 Å². The summed E-state index contributed by atoms with van der Waals surface area (Å²) in [5, 5.41) is 10.9. The number of nitrogens with one attached hydrogen (secondary N) is 2. The van der Waals surface area contributed by atoms with E-state index < -0.39 is 0 Å². The minimum atomic E-state index is 0.615. The monoisotopic (exact) mass is 225 g/mol. The Morgan fingerprint density at radius 3 is 3.00 bits per heavy atom. The van der Waals surface area contributed by atoms with Crippen LogP contribution in [0.15, 0.2) is 11.3 Å². The molecule has 0 spiro atoms. The first kappa shape index (κ1) is 12.4. The molecule has 0 amide bonds. The van der Waals surface area contributed by atoms with Crippen molar-refractivity contribution in [2.24, 2.45) is 17.9 Å². The molecule has 0 aromatic carbocycles. The van der Waals surface area contributed by atoms with E-state index in [9.17, 15) is 0 Å². The van der Waals surface area contributed by atoms with Gasteiger partial charge in [-0.25, -0.2) is 5.84 Å². The summed E-state index contributed by atoms with van der Waals surface area (Å²) in [7, 11) is 1.92. The number of aryl methyl sites for hydroxylation is 1. The first-order valence-corrected chi connectivity index (χ1v) is 5.35. The van der Waals surface area contributed by atoms with E-state index in [1.165, 1.54) is 0 Å². The van der Waals surface area contributed by atoms with Crippen molar-refractivity contribution in [1.82, 2.24) is 25.5 Å². The van der Waals surface area contributed by atoms with E-state index in [-0.39, 0.29) is 0 Å². The van der Waals surface area contributed by atoms with Gasteiger partial charge in [0.2, 0.25) is 5.96 Å². The van der Waals surface area contributed by atoms with E-state index >= 15 is 0 Å². The highest BCUT2D eigenvalue weighted by Gasteiger charge is 2.00. The zero-order valence-corrected chi connectivity index (χ0v) is 9.77. The molecule has 1 rings (SSSR count). The Kier molecular flexibility index (Phi) is 5.27. The van der Waals surface area contributed by atoms with Crippen molar-refractivity contribution >= 4 is 5.96 Å². The van der Waals surface area contributed by atoms with Gasteiger partial charge in [0.15, 0.2) is 0 Å². The maximum atomic E-state index is 5.33. The Hall–Kier alpha value is -1.63. The standard InChI is InChI=1S/C9H19N7/c1-3-5-11-9(14-10)12-6-4-8-15-13-7-16(8)2/h7H,3-6,10H2,1-2H3,(H2,11,12,14). The topological polar surface area (TPSA) is 93.2 Å². The Morgan fingerprint density at radius 1 is 1.62 bits per heavy atom. The first-order valence-electron chi connectivity index (χ1n) is 5.35. The lowest BCUT2D eigenvalue weighted by molar-refractivity contribution is 0.731. The van der Waals surface area contributed by atoms with Crippen LogP contribution in [0.1, 0.15) is 19.2 Å². The van der Waals surface area contributed by atoms with Gasteiger partial charge in [0.1, 0.15) is 12.2 Å². The van der Waals surface area contributed by atoms with Crippen LogP contribution >= 0.6 is 0 Å². The Morgan fingerprint density at radius 2 is 2.44 bits per heavy atom. The Bertz CT molecular complexity index is 330. The van der Waals surface area contributed by atoms with Gasteiger partial charge in [-0.2, -0.15) is 0 Å². The molecule has 4 N–H and O–H groups in total. The van der Waals surface area contributed by atoms with Gasteiger partial charge in [0, 0.05) is 26.6 Å². The summed E-state index contributed by atoms with van der Waals surface area (Å²) in [6.45, 7) is 3.55. The SMILES string of the molecule is CCCN=C(NN)NCCc1nncn1C. The number of nitrogens with two attached hydrogens (primary N) is 1. The van der Waals surface area contributed by atoms with Crippen molar-refractivity contribution in [1.29, 1.82) is 0 Å². The van der Waals surface area contributed by atoms with Crippen LogP contribution < -0.4 is 16.6 Å². The average Bonchev–Trinajstić information content (AvgIpc) is 2.69. The highest BCUT2D eigenvalue weighted by molar-refractivity contribution is 5.79. The second-order valence-corrected chi connectivity index (χ2v) is 3.41. The van der Waals surface area contributed by atoms with Gasteiger partial charge in [-0.1, -0.05) is 6.92 Å². The van der Waals surface area contributed by atoms with E-state index in [2.05, 4.69) is 32.9 Å². The third kappa shape index (κ3) is 3.85. The van der Waals surface area contributed by atoms with E-state index in [0.29, 0.717) is 5.96 Å². The highest BCUT2D eigenvalue weighted by atomic mass is 15.3. The maximum absolute atomic E-state index is 5.33. The van der Waals surface area contributed by atoms with Crippen LogP contribution in [-0.2, 0) is 13.5 Å². The lowest BCUT2D eigenvalue weighted by atomic mass is 10.4. The van der Waals surface area contributed by atoms with Gasteiger partial charge in [0.25, 0.3) is 0 Å². The smallest absolute Gasteiger partial charge is 0.205 e. The fourth-order valence-electron chi connectivity index (χ4n) is 1.20. The van der Waals surface area contributed by atoms with Crippen LogP contribution in [-0.4, -0.2) is 33.8 Å². The van der Waals surface area contributed by atoms with Crippen LogP contribution in [0.4, 0.5) is 0 Å². The molecule has 16 heavy (non-hydrogen) atoms. The van der Waals surface area contributed by atoms with Crippen molar-refractivity contribution in [3.8, 4) is 0 Å². The molecular weight excluding hydrogens is 206 g/mol. The summed E-state index contributed by atoms with van der Waals surface area (Å²) in [4.78, 5) is 4.23. The van der Waals surface area contributed by atoms with Gasteiger partial charge in [-0.15, -0.1) is 10.2 Å². The summed E-state index contributed by atoms with van der Waals surface area (Å²) in [6.07, 6.45) is 3.46. The molecule has 90 valence electrons. The zero-order chi connectivity index (χ0) is 11.8. The summed E-state index contributed by atoms with van der Waals surface area (Å²) in [6, 6.07) is 0. The second-order valence-electron chi connectivity index (χ2n) is 3.41. The molecule has 0 unspecified atom stereocenters. The number of nitrogens with zero attached hydrogens (tertiary/aromatic N) is 4. The molecule has 1 aromatic rings. The quantitative estimate of drug-likeness (QED) is 0.263. The molecule has 0 saturated carbocycles. The first-order chi connectivity index (χ1) is 7.77. The molecule has 0 saturated heterocycles. The summed E-state index contributed by atoms with van der Waals surface area (Å²) >= 11 is 0. The molecule has 0 atom stereocenters. The number of guanidine groups is 1. The maximum Gasteiger partial charge on any atom is 0.205 e. The Labute approximate surface area is 95.1 Å². The molecule has 1 heterocycles. The fourth-order valence-corrected chi connectivity index (χ4v) is 1.20. The number of aromatic nitrogens is 3. The third-order valence-electron chi connectivity index (χ3n) is 2.08. The van der Waals surface area contributed by atoms with Gasteiger partial charge in [-0.05, 0) is 6.42 Å². The number of aliphatic imine (C=N–C) groups is 1. The third-order valence-corrected chi connectivity index (χ3v) is 2.08. The molecule has 0 aliphatic rings. The minimum absolute atomic E-state index is 0.615. The highest BCUT2D eigenvalue weighted by Crippen LogP contribution is 1.91. The predicted molar refractivity (Wildman–Crippen MR) is 62.6 cm³/mol. The molecular formula is C9H19N7. The fraction of sp³-hybridized carbons (Fsp3) is 0.667. The summed E-state index contributed by atoms with van der Waals surface area (Å²) < 4.78 is 1.89. The lowest BCUT2D eigenvalue weighted by Crippen LogP contribution is -2.42. The van der Waals surface area contributed by atoms with Crippen LogP contribution in [0.25, 0.3) is 0 Å². The molecule has 0 aliphatic heterocycles. The lowest BCUT2D eigenvalue weighted by Gasteiger charge is -2.08. The van der Waals surface area contributed by atoms with Crippen molar-refractivity contribution in [3.63, 3.8) is 0 Å². The van der Waals surface area contributed by atoms with Gasteiger partial charge in [0.05, 0.1) is 0 Å². The zero-order valence-electron chi connectivity index (χ0n) is 9.77. The molecule has 7 heteroatoms. The van der Waals surface area contributed by atoms with Crippen LogP contribution in [0.2, 0.25) is 0 Å². The van der Waals surface area contributed by atoms with Crippen molar-refractivity contribution < 1.29 is 0 Å². The second kappa shape index (κ2) is 6.78. The van der Waals surface area contributed by atoms with Crippen molar-refractivity contribution in [2.45, 2.75) is 19.8 Å². The predicted octanol–water partition coefficient (Wildman–Crippen LogP) is -0.823. The van der Waals surface area contributed by atoms with Crippen LogP contribution in [0.3, 0.4) is 0 Å². The van der Waals surface area contributed by atoms with Crippen molar-refractivity contribution in [2.75, 3.05) is 13.1 Å². The van der Waals surface area contributed by atoms with Crippen LogP contribution in [0, 0.1) is 0 Å². The van der Waals surface area contributed by atoms with Crippen molar-refractivity contribution in [3.05, 3.63) is 12.2 Å². The number of hydrogen-bond donors (Lipinski definition) is 3. The number of hydrogen-bond acceptors (Lipinski definition) is 4. The molecule has 1 aromatic heterocycles. The van der Waals surface area contributed by atoms with E-state index in [4.69, 9.17) is 5.84 Å². The number of rotatable bonds is 5. The van der Waals surface area contributed by atoms with E-state index in [1.54, 1.807) is 6.33 Å². The number of hydrazine groups is 1. The largest absolute Gasteiger partial charge is 0.355 e. The average molecular weight is 225 g/mol. The van der Waals surface area contributed by atoms with Gasteiger partial charge >= 0.3 is 0 Å². The summed E-state index contributed by atoms with van der Waals surface area (Å²) in [5.74, 6) is 6.87.